The number of thiophene rings is 1. The molecule has 22 heavy (non-hydrogen) atoms. The van der Waals surface area contributed by atoms with Crippen LogP contribution in [0.4, 0.5) is 4.79 Å². The van der Waals surface area contributed by atoms with Crippen LogP contribution < -0.4 is 0 Å². The van der Waals surface area contributed by atoms with Crippen LogP contribution in [0.2, 0.25) is 4.34 Å². The van der Waals surface area contributed by atoms with Gasteiger partial charge in [0.05, 0.1) is 0 Å². The number of hydrogen-bond acceptors (Lipinski definition) is 4. The van der Waals surface area contributed by atoms with Gasteiger partial charge < -0.3 is 9.84 Å². The molecule has 0 bridgehead atoms. The number of amides is 1. The number of carbonyl (C=O) groups excluding carboxylic acids is 1. The zero-order valence-electron chi connectivity index (χ0n) is 12.4. The maximum absolute atomic E-state index is 12.5. The molecule has 0 aromatic carbocycles. The molecular formula is C14H17BrClNO4S. The van der Waals surface area contributed by atoms with Crippen LogP contribution in [0, 0.1) is 0 Å². The summed E-state index contributed by atoms with van der Waals surface area (Å²) < 4.78 is 6.46. The van der Waals surface area contributed by atoms with Crippen LogP contribution in [0.15, 0.2) is 10.5 Å². The molecule has 0 radical (unpaired) electrons. The maximum atomic E-state index is 12.5. The second kappa shape index (κ2) is 6.37. The van der Waals surface area contributed by atoms with Gasteiger partial charge in [-0.3, -0.25) is 4.90 Å². The van der Waals surface area contributed by atoms with Gasteiger partial charge in [0.15, 0.2) is 6.04 Å². The van der Waals surface area contributed by atoms with E-state index in [2.05, 4.69) is 15.9 Å². The minimum absolute atomic E-state index is 0.101. The van der Waals surface area contributed by atoms with Crippen molar-refractivity contribution < 1.29 is 19.4 Å². The zero-order chi connectivity index (χ0) is 16.7. The minimum Gasteiger partial charge on any atom is -0.479 e. The van der Waals surface area contributed by atoms with Crippen molar-refractivity contribution in [1.29, 1.82) is 0 Å². The van der Waals surface area contributed by atoms with E-state index in [0.29, 0.717) is 13.7 Å². The molecule has 1 aliphatic rings. The van der Waals surface area contributed by atoms with Crippen molar-refractivity contribution in [3.8, 4) is 0 Å². The van der Waals surface area contributed by atoms with Crippen molar-refractivity contribution in [3.63, 3.8) is 0 Å². The number of carboxylic acid groups (broad SMARTS) is 1. The molecule has 0 saturated heterocycles. The molecule has 0 aliphatic heterocycles. The predicted octanol–water partition coefficient (Wildman–Crippen LogP) is 4.69. The Kier molecular flexibility index (Phi) is 5.09. The summed E-state index contributed by atoms with van der Waals surface area (Å²) >= 11 is 10.4. The lowest BCUT2D eigenvalue weighted by atomic mass is 10.2. The van der Waals surface area contributed by atoms with Crippen molar-refractivity contribution >= 4 is 50.9 Å². The summed E-state index contributed by atoms with van der Waals surface area (Å²) in [5.74, 6) is -1.09. The van der Waals surface area contributed by atoms with Crippen LogP contribution in [0.25, 0.3) is 0 Å². The number of halogens is 2. The van der Waals surface area contributed by atoms with E-state index in [0.717, 1.165) is 24.2 Å². The first-order valence-electron chi connectivity index (χ1n) is 6.79. The number of nitrogens with zero attached hydrogens (tertiary/aromatic N) is 1. The Hall–Kier alpha value is -0.790. The molecule has 2 rings (SSSR count). The van der Waals surface area contributed by atoms with Gasteiger partial charge in [0.2, 0.25) is 0 Å². The van der Waals surface area contributed by atoms with Crippen molar-refractivity contribution in [2.75, 3.05) is 0 Å². The van der Waals surface area contributed by atoms with Crippen LogP contribution in [0.5, 0.6) is 0 Å². The second-order valence-corrected chi connectivity index (χ2v) is 8.67. The summed E-state index contributed by atoms with van der Waals surface area (Å²) in [6.07, 6.45) is 0.954. The molecule has 1 aliphatic carbocycles. The Balaban J connectivity index is 2.34. The average molecular weight is 411 g/mol. The second-order valence-electron chi connectivity index (χ2n) is 6.13. The summed E-state index contributed by atoms with van der Waals surface area (Å²) in [6.45, 7) is 5.26. The van der Waals surface area contributed by atoms with Gasteiger partial charge in [-0.1, -0.05) is 11.6 Å². The molecule has 122 valence electrons. The SMILES string of the molecule is CC(C)(C)OC(=O)N(C1CC1)C(C(=O)O)c1cc(Br)c(Cl)s1. The zero-order valence-corrected chi connectivity index (χ0v) is 15.6. The third-order valence-corrected chi connectivity index (χ3v) is 5.52. The first kappa shape index (κ1) is 17.6. The van der Waals surface area contributed by atoms with Crippen LogP contribution >= 0.6 is 38.9 Å². The van der Waals surface area contributed by atoms with Crippen LogP contribution in [-0.4, -0.2) is 33.7 Å². The largest absolute Gasteiger partial charge is 0.479 e. The Morgan fingerprint density at radius 3 is 2.45 bits per heavy atom. The fourth-order valence-corrected chi connectivity index (χ4v) is 3.84. The average Bonchev–Trinajstić information content (AvgIpc) is 3.10. The van der Waals surface area contributed by atoms with Gasteiger partial charge in [-0.2, -0.15) is 0 Å². The van der Waals surface area contributed by atoms with Crippen molar-refractivity contribution in [3.05, 3.63) is 19.8 Å². The lowest BCUT2D eigenvalue weighted by Crippen LogP contribution is -2.43. The quantitative estimate of drug-likeness (QED) is 0.782. The Labute approximate surface area is 146 Å². The molecule has 5 nitrogen and oxygen atoms in total. The summed E-state index contributed by atoms with van der Waals surface area (Å²) in [7, 11) is 0. The van der Waals surface area contributed by atoms with E-state index in [1.165, 1.54) is 4.90 Å². The van der Waals surface area contributed by atoms with Gasteiger partial charge in [0.1, 0.15) is 9.94 Å². The third kappa shape index (κ3) is 4.14. The van der Waals surface area contributed by atoms with Gasteiger partial charge >= 0.3 is 12.1 Å². The molecule has 8 heteroatoms. The maximum Gasteiger partial charge on any atom is 0.411 e. The van der Waals surface area contributed by atoms with E-state index in [9.17, 15) is 14.7 Å². The number of carboxylic acids is 1. The standard InChI is InChI=1S/C14H17BrClNO4S/c1-14(2,3)21-13(20)17(7-4-5-7)10(12(18)19)9-6-8(15)11(16)22-9/h6-7,10H,4-5H2,1-3H3,(H,18,19). The van der Waals surface area contributed by atoms with E-state index in [1.807, 2.05) is 0 Å². The highest BCUT2D eigenvalue weighted by Crippen LogP contribution is 2.41. The Morgan fingerprint density at radius 2 is 2.09 bits per heavy atom. The summed E-state index contributed by atoms with van der Waals surface area (Å²) in [5.41, 5.74) is -0.680. The molecule has 1 aromatic rings. The van der Waals surface area contributed by atoms with E-state index < -0.39 is 23.7 Å². The highest BCUT2D eigenvalue weighted by molar-refractivity contribution is 9.10. The Morgan fingerprint density at radius 1 is 1.50 bits per heavy atom. The third-order valence-electron chi connectivity index (χ3n) is 2.99. The first-order valence-corrected chi connectivity index (χ1v) is 8.77. The predicted molar refractivity (Wildman–Crippen MR) is 88.5 cm³/mol. The van der Waals surface area contributed by atoms with Gasteiger partial charge in [-0.15, -0.1) is 11.3 Å². The minimum atomic E-state index is -1.09. The molecule has 1 fully saturated rings. The van der Waals surface area contributed by atoms with Crippen LogP contribution in [-0.2, 0) is 9.53 Å². The molecule has 1 N–H and O–H groups in total. The normalized spacial score (nSPS) is 16.2. The molecule has 1 aromatic heterocycles. The van der Waals surface area contributed by atoms with Crippen molar-refractivity contribution in [1.82, 2.24) is 4.90 Å². The number of ether oxygens (including phenoxy) is 1. The van der Waals surface area contributed by atoms with Gasteiger partial charge in [-0.05, 0) is 55.6 Å². The van der Waals surface area contributed by atoms with Crippen LogP contribution in [0.1, 0.15) is 44.5 Å². The first-order chi connectivity index (χ1) is 10.1. The summed E-state index contributed by atoms with van der Waals surface area (Å²) in [6, 6.07) is 0.456. The molecule has 1 amide bonds. The number of aliphatic carboxylic acids is 1. The Bertz CT molecular complexity index is 575. The van der Waals surface area contributed by atoms with Gasteiger partial charge in [0.25, 0.3) is 0 Å². The van der Waals surface area contributed by atoms with E-state index in [-0.39, 0.29) is 6.04 Å². The van der Waals surface area contributed by atoms with Gasteiger partial charge in [-0.25, -0.2) is 9.59 Å². The fraction of sp³-hybridized carbons (Fsp3) is 0.571. The van der Waals surface area contributed by atoms with Crippen LogP contribution in [0.3, 0.4) is 0 Å². The summed E-state index contributed by atoms with van der Waals surface area (Å²) in [5, 5.41) is 9.62. The highest BCUT2D eigenvalue weighted by atomic mass is 79.9. The smallest absolute Gasteiger partial charge is 0.411 e. The van der Waals surface area contributed by atoms with Crippen molar-refractivity contribution in [2.24, 2.45) is 0 Å². The molecule has 1 atom stereocenters. The molecule has 1 heterocycles. The topological polar surface area (TPSA) is 66.8 Å². The van der Waals surface area contributed by atoms with E-state index in [1.54, 1.807) is 26.8 Å². The molecule has 0 spiro atoms. The highest BCUT2D eigenvalue weighted by Gasteiger charge is 2.44. The van der Waals surface area contributed by atoms with E-state index >= 15 is 0 Å². The van der Waals surface area contributed by atoms with E-state index in [4.69, 9.17) is 16.3 Å². The molecule has 1 saturated carbocycles. The molecular weight excluding hydrogens is 394 g/mol. The van der Waals surface area contributed by atoms with Crippen molar-refractivity contribution in [2.45, 2.75) is 51.3 Å². The fourth-order valence-electron chi connectivity index (χ4n) is 2.01. The van der Waals surface area contributed by atoms with Gasteiger partial charge in [0, 0.05) is 15.4 Å². The monoisotopic (exact) mass is 409 g/mol. The number of hydrogen-bond donors (Lipinski definition) is 1. The number of rotatable bonds is 4. The lowest BCUT2D eigenvalue weighted by molar-refractivity contribution is -0.143. The number of carbonyl (C=O) groups is 2. The molecule has 1 unspecified atom stereocenters. The summed E-state index contributed by atoms with van der Waals surface area (Å²) in [4.78, 5) is 26.0. The lowest BCUT2D eigenvalue weighted by Gasteiger charge is -2.31.